The Morgan fingerprint density at radius 2 is 2.00 bits per heavy atom. The van der Waals surface area contributed by atoms with Crippen molar-refractivity contribution in [3.05, 3.63) is 53.1 Å². The first-order valence-electron chi connectivity index (χ1n) is 11.8. The van der Waals surface area contributed by atoms with E-state index in [-0.39, 0.29) is 21.3 Å². The molecule has 0 spiro atoms. The topological polar surface area (TPSA) is 81.1 Å². The van der Waals surface area contributed by atoms with E-state index in [2.05, 4.69) is 55.3 Å². The number of hydrogen-bond acceptors (Lipinski definition) is 8. The van der Waals surface area contributed by atoms with Crippen LogP contribution < -0.4 is 10.1 Å². The summed E-state index contributed by atoms with van der Waals surface area (Å²) in [4.78, 5) is 20.5. The predicted molar refractivity (Wildman–Crippen MR) is 146 cm³/mol. The normalized spacial score (nSPS) is 14.8. The molecule has 1 aliphatic heterocycles. The summed E-state index contributed by atoms with van der Waals surface area (Å²) >= 11 is 5.95. The van der Waals surface area contributed by atoms with Crippen molar-refractivity contribution in [2.45, 2.75) is 26.3 Å². The van der Waals surface area contributed by atoms with E-state index in [1.54, 1.807) is 6.07 Å². The molecule has 8 nitrogen and oxygen atoms in total. The summed E-state index contributed by atoms with van der Waals surface area (Å²) in [5.74, 6) is 9.31. The maximum atomic E-state index is 13.6. The fraction of sp³-hybridized carbons (Fsp3) is 0.385. The fourth-order valence-electron chi connectivity index (χ4n) is 3.92. The van der Waals surface area contributed by atoms with Gasteiger partial charge in [-0.15, -0.1) is 0 Å². The molecule has 2 heterocycles. The van der Waals surface area contributed by atoms with Crippen LogP contribution in [0.25, 0.3) is 10.9 Å². The second-order valence-electron chi connectivity index (χ2n) is 8.76. The van der Waals surface area contributed by atoms with Gasteiger partial charge in [-0.25, -0.2) is 19.2 Å². The lowest BCUT2D eigenvalue weighted by atomic mass is 10.0. The molecule has 196 valence electrons. The van der Waals surface area contributed by atoms with Gasteiger partial charge in [-0.2, -0.15) is 0 Å². The minimum absolute atomic E-state index is 0.0280. The van der Waals surface area contributed by atoms with E-state index in [9.17, 15) is 4.39 Å². The van der Waals surface area contributed by atoms with Crippen LogP contribution >= 0.6 is 11.6 Å². The van der Waals surface area contributed by atoms with Crippen LogP contribution in [-0.2, 0) is 20.6 Å². The van der Waals surface area contributed by atoms with Crippen LogP contribution in [0, 0.1) is 17.7 Å². The van der Waals surface area contributed by atoms with E-state index >= 15 is 0 Å². The Balaban J connectivity index is 1.64. The van der Waals surface area contributed by atoms with Gasteiger partial charge in [0, 0.05) is 41.7 Å². The molecule has 0 atom stereocenters. The molecule has 11 heteroatoms. The zero-order valence-corrected chi connectivity index (χ0v) is 22.7. The Bertz CT molecular complexity index is 1370. The molecule has 37 heavy (non-hydrogen) atoms. The average molecular weight is 546 g/mol. The Labute approximate surface area is 223 Å². The van der Waals surface area contributed by atoms with Crippen molar-refractivity contribution in [1.82, 2.24) is 14.9 Å². The van der Waals surface area contributed by atoms with E-state index in [0.29, 0.717) is 29.4 Å². The highest BCUT2D eigenvalue weighted by molar-refractivity contribution is 7.87. The monoisotopic (exact) mass is 545 g/mol. The van der Waals surface area contributed by atoms with Crippen molar-refractivity contribution < 1.29 is 19.0 Å². The molecule has 0 aliphatic carbocycles. The van der Waals surface area contributed by atoms with Crippen molar-refractivity contribution in [2.24, 2.45) is 4.53 Å². The van der Waals surface area contributed by atoms with Gasteiger partial charge >= 0.3 is 0 Å². The molecule has 0 amide bonds. The molecular weight excluding hydrogens is 517 g/mol. The number of fused-ring (bicyclic) bond motifs is 1. The molecule has 2 aromatic carbocycles. The number of ether oxygens (including phenoxy) is 1. The third-order valence-corrected chi connectivity index (χ3v) is 7.79. The number of anilines is 2. The van der Waals surface area contributed by atoms with Crippen molar-refractivity contribution in [3.8, 4) is 17.6 Å². The first-order valence-corrected chi connectivity index (χ1v) is 13.7. The van der Waals surface area contributed by atoms with Gasteiger partial charge in [0.2, 0.25) is 0 Å². The summed E-state index contributed by atoms with van der Waals surface area (Å²) < 4.78 is 23.6. The third kappa shape index (κ3) is 6.74. The lowest BCUT2D eigenvalue weighted by Gasteiger charge is -2.37. The second-order valence-corrected chi connectivity index (χ2v) is 11.1. The molecule has 3 aromatic rings. The third-order valence-electron chi connectivity index (χ3n) is 5.92. The predicted octanol–water partition coefficient (Wildman–Crippen LogP) is 5.31. The summed E-state index contributed by atoms with van der Waals surface area (Å²) in [7, 11) is 1.29. The standard InChI is InChI=1S/C26H29ClFN5O3S/c1-5-35-24-16-23-20(25(30-17-29-23)31-19-6-7-22(28)21(27)15-19)14-18(24)8-9-26(2,3)33-10-12-37(13-11-33)32-36-34-4/h6-7,14-17H,5,10-13H2,1-4H3,(H,29,30,31). The molecule has 0 saturated carbocycles. The minimum Gasteiger partial charge on any atom is -0.492 e. The van der Waals surface area contributed by atoms with Crippen LogP contribution in [0.5, 0.6) is 5.75 Å². The molecule has 0 radical (unpaired) electrons. The number of nitrogens with one attached hydrogen (secondary N) is 1. The van der Waals surface area contributed by atoms with E-state index in [1.165, 1.54) is 25.6 Å². The number of hydrogen-bond donors (Lipinski definition) is 1. The Kier molecular flexibility index (Phi) is 8.95. The maximum Gasteiger partial charge on any atom is 0.141 e. The van der Waals surface area contributed by atoms with Gasteiger partial charge in [0.1, 0.15) is 23.7 Å². The molecule has 4 rings (SSSR count). The van der Waals surface area contributed by atoms with Crippen LogP contribution in [0.2, 0.25) is 5.02 Å². The summed E-state index contributed by atoms with van der Waals surface area (Å²) in [6, 6.07) is 8.21. The van der Waals surface area contributed by atoms with Gasteiger partial charge in [-0.05, 0) is 45.0 Å². The summed E-state index contributed by atoms with van der Waals surface area (Å²) in [6.45, 7) is 8.37. The number of nitrogens with zero attached hydrogens (tertiary/aromatic N) is 4. The van der Waals surface area contributed by atoms with Crippen molar-refractivity contribution >= 4 is 44.7 Å². The Morgan fingerprint density at radius 1 is 1.22 bits per heavy atom. The van der Waals surface area contributed by atoms with Crippen LogP contribution in [0.1, 0.15) is 26.3 Å². The van der Waals surface area contributed by atoms with Gasteiger partial charge in [0.05, 0.1) is 35.4 Å². The van der Waals surface area contributed by atoms with Gasteiger partial charge in [-0.3, -0.25) is 4.90 Å². The fourth-order valence-corrected chi connectivity index (χ4v) is 5.46. The lowest BCUT2D eigenvalue weighted by molar-refractivity contribution is -0.271. The first-order chi connectivity index (χ1) is 17.8. The number of halogens is 2. The highest BCUT2D eigenvalue weighted by Crippen LogP contribution is 2.31. The highest BCUT2D eigenvalue weighted by Gasteiger charge is 2.27. The largest absolute Gasteiger partial charge is 0.492 e. The van der Waals surface area contributed by atoms with Crippen LogP contribution in [0.15, 0.2) is 41.2 Å². The van der Waals surface area contributed by atoms with Crippen molar-refractivity contribution in [2.75, 3.05) is 43.6 Å². The smallest absolute Gasteiger partial charge is 0.141 e. The molecular formula is C26H29ClFN5O3S. The zero-order chi connectivity index (χ0) is 26.4. The number of benzene rings is 2. The van der Waals surface area contributed by atoms with Crippen molar-refractivity contribution in [3.63, 3.8) is 0 Å². The number of aromatic nitrogens is 2. The minimum atomic E-state index is -0.483. The SMILES string of the molecule is CCOc1cc2ncnc(Nc3ccc(F)c(Cl)c3)c2cc1C#CC(C)(C)N1CCS(=NOOC)CC1. The van der Waals surface area contributed by atoms with Crippen LogP contribution in [0.3, 0.4) is 0 Å². The lowest BCUT2D eigenvalue weighted by Crippen LogP contribution is -2.49. The van der Waals surface area contributed by atoms with Gasteiger partial charge < -0.3 is 10.1 Å². The van der Waals surface area contributed by atoms with Gasteiger partial charge in [0.25, 0.3) is 0 Å². The maximum absolute atomic E-state index is 13.6. The van der Waals surface area contributed by atoms with E-state index in [0.717, 1.165) is 35.5 Å². The van der Waals surface area contributed by atoms with E-state index < -0.39 is 5.82 Å². The van der Waals surface area contributed by atoms with Crippen molar-refractivity contribution in [1.29, 1.82) is 0 Å². The Morgan fingerprint density at radius 3 is 2.70 bits per heavy atom. The summed E-state index contributed by atoms with van der Waals surface area (Å²) in [6.07, 6.45) is 1.47. The molecule has 1 aromatic heterocycles. The Hall–Kier alpha value is -2.81. The van der Waals surface area contributed by atoms with Crippen LogP contribution in [-0.4, -0.2) is 58.7 Å². The number of rotatable bonds is 7. The molecule has 0 unspecified atom stereocenters. The highest BCUT2D eigenvalue weighted by atomic mass is 35.5. The zero-order valence-electron chi connectivity index (χ0n) is 21.2. The van der Waals surface area contributed by atoms with Gasteiger partial charge in [-0.1, -0.05) is 43.6 Å². The molecule has 0 bridgehead atoms. The van der Waals surface area contributed by atoms with Gasteiger partial charge in [0.15, 0.2) is 0 Å². The molecule has 1 saturated heterocycles. The van der Waals surface area contributed by atoms with E-state index in [1.807, 2.05) is 19.1 Å². The molecule has 1 N–H and O–H groups in total. The van der Waals surface area contributed by atoms with E-state index in [4.69, 9.17) is 21.3 Å². The first kappa shape index (κ1) is 27.2. The van der Waals surface area contributed by atoms with Crippen LogP contribution in [0.4, 0.5) is 15.9 Å². The second kappa shape index (κ2) is 12.2. The summed E-state index contributed by atoms with van der Waals surface area (Å²) in [5.41, 5.74) is 1.68. The average Bonchev–Trinajstić information content (AvgIpc) is 2.89. The summed E-state index contributed by atoms with van der Waals surface area (Å²) in [5, 5.41) is 4.00. The molecule has 1 fully saturated rings. The quantitative estimate of drug-likeness (QED) is 0.245. The molecule has 1 aliphatic rings.